The Bertz CT molecular complexity index is 1100. The highest BCUT2D eigenvalue weighted by molar-refractivity contribution is 8.01. The van der Waals surface area contributed by atoms with E-state index in [1.165, 1.54) is 16.7 Å². The van der Waals surface area contributed by atoms with Gasteiger partial charge in [0, 0.05) is 22.5 Å². The zero-order chi connectivity index (χ0) is 20.4. The number of hydrogen-bond donors (Lipinski definition) is 1. The van der Waals surface area contributed by atoms with Gasteiger partial charge in [-0.25, -0.2) is 4.90 Å². The minimum atomic E-state index is -0.572. The van der Waals surface area contributed by atoms with Crippen molar-refractivity contribution >= 4 is 63.2 Å². The van der Waals surface area contributed by atoms with Gasteiger partial charge in [0.05, 0.1) is 16.7 Å². The van der Waals surface area contributed by atoms with E-state index in [-0.39, 0.29) is 29.9 Å². The molecule has 0 aromatic heterocycles. The number of nitrogens with zero attached hydrogens (tertiary/aromatic N) is 1. The fraction of sp³-hybridized carbons (Fsp3) is 0.136. The number of carbonyl (C=O) groups excluding carboxylic acids is 3. The normalized spacial score (nSPS) is 16.4. The molecule has 4 rings (SSSR count). The van der Waals surface area contributed by atoms with Gasteiger partial charge in [0.15, 0.2) is 0 Å². The number of anilines is 2. The van der Waals surface area contributed by atoms with Crippen molar-refractivity contribution in [1.29, 1.82) is 0 Å². The first-order valence-electron chi connectivity index (χ1n) is 9.04. The number of rotatable bonds is 5. The highest BCUT2D eigenvalue weighted by Crippen LogP contribution is 2.34. The summed E-state index contributed by atoms with van der Waals surface area (Å²) in [7, 11) is 0. The molecule has 1 aliphatic rings. The smallest absolute Gasteiger partial charge is 0.247 e. The molecule has 3 amide bonds. The number of fused-ring (bicyclic) bond motifs is 1. The van der Waals surface area contributed by atoms with Crippen LogP contribution in [0.15, 0.2) is 66.7 Å². The second-order valence-corrected chi connectivity index (χ2v) is 8.25. The van der Waals surface area contributed by atoms with E-state index in [4.69, 9.17) is 11.6 Å². The van der Waals surface area contributed by atoms with E-state index >= 15 is 0 Å². The molecule has 0 unspecified atom stereocenters. The minimum Gasteiger partial charge on any atom is -0.325 e. The highest BCUT2D eigenvalue weighted by atomic mass is 35.5. The highest BCUT2D eigenvalue weighted by Gasteiger charge is 2.40. The van der Waals surface area contributed by atoms with Gasteiger partial charge in [0.1, 0.15) is 0 Å². The number of imide groups is 1. The van der Waals surface area contributed by atoms with Crippen molar-refractivity contribution in [3.63, 3.8) is 0 Å². The Morgan fingerprint density at radius 1 is 1.03 bits per heavy atom. The van der Waals surface area contributed by atoms with E-state index in [2.05, 4.69) is 5.32 Å². The molecule has 1 heterocycles. The molecule has 0 spiro atoms. The van der Waals surface area contributed by atoms with Crippen LogP contribution in [0, 0.1) is 0 Å². The molecule has 1 aliphatic heterocycles. The Labute approximate surface area is 177 Å². The molecule has 1 N–H and O–H groups in total. The van der Waals surface area contributed by atoms with Gasteiger partial charge >= 0.3 is 0 Å². The maximum absolute atomic E-state index is 12.9. The monoisotopic (exact) mass is 424 g/mol. The number of halogens is 1. The third-order valence-corrected chi connectivity index (χ3v) is 6.11. The molecular weight excluding hydrogens is 408 g/mol. The first-order chi connectivity index (χ1) is 14.0. The van der Waals surface area contributed by atoms with Crippen molar-refractivity contribution in [3.8, 4) is 0 Å². The molecule has 0 saturated carbocycles. The molecule has 146 valence electrons. The van der Waals surface area contributed by atoms with Crippen LogP contribution in [0.25, 0.3) is 10.8 Å². The average molecular weight is 425 g/mol. The van der Waals surface area contributed by atoms with Crippen LogP contribution in [-0.2, 0) is 14.4 Å². The van der Waals surface area contributed by atoms with Crippen LogP contribution in [0.4, 0.5) is 11.4 Å². The summed E-state index contributed by atoms with van der Waals surface area (Å²) in [6.07, 6.45) is 0.0843. The number of nitrogens with one attached hydrogen (secondary N) is 1. The molecule has 5 nitrogen and oxygen atoms in total. The van der Waals surface area contributed by atoms with Gasteiger partial charge in [-0.05, 0) is 35.7 Å². The SMILES string of the molecule is O=C(CS[C@@H]1CC(=O)N(c2cccc3ccccc23)C1=O)Nc1ccc(Cl)cc1. The standard InChI is InChI=1S/C22H17ClN2O3S/c23-15-8-10-16(11-9-15)24-20(26)13-29-19-12-21(27)25(22(19)28)18-7-3-5-14-4-1-2-6-17(14)18/h1-11,19H,12-13H2,(H,24,26)/t19-/m1/s1. The summed E-state index contributed by atoms with van der Waals surface area (Å²) in [5.74, 6) is -0.686. The van der Waals surface area contributed by atoms with Crippen molar-refractivity contribution in [2.45, 2.75) is 11.7 Å². The van der Waals surface area contributed by atoms with E-state index in [0.717, 1.165) is 10.8 Å². The van der Waals surface area contributed by atoms with E-state index in [0.29, 0.717) is 16.4 Å². The Balaban J connectivity index is 1.44. The average Bonchev–Trinajstić information content (AvgIpc) is 3.01. The Hall–Kier alpha value is -2.83. The summed E-state index contributed by atoms with van der Waals surface area (Å²) >= 11 is 7.01. The molecular formula is C22H17ClN2O3S. The third kappa shape index (κ3) is 4.13. The maximum Gasteiger partial charge on any atom is 0.247 e. The molecule has 3 aromatic rings. The summed E-state index contributed by atoms with van der Waals surface area (Å²) in [6.45, 7) is 0. The van der Waals surface area contributed by atoms with Crippen LogP contribution in [0.5, 0.6) is 0 Å². The summed E-state index contributed by atoms with van der Waals surface area (Å²) < 4.78 is 0. The Morgan fingerprint density at radius 2 is 1.76 bits per heavy atom. The number of amides is 3. The summed E-state index contributed by atoms with van der Waals surface area (Å²) in [5.41, 5.74) is 1.22. The van der Waals surface area contributed by atoms with Crippen molar-refractivity contribution in [2.75, 3.05) is 16.0 Å². The van der Waals surface area contributed by atoms with Crippen LogP contribution < -0.4 is 10.2 Å². The Morgan fingerprint density at radius 3 is 2.55 bits per heavy atom. The topological polar surface area (TPSA) is 66.5 Å². The predicted octanol–water partition coefficient (Wildman–Crippen LogP) is 4.50. The lowest BCUT2D eigenvalue weighted by molar-refractivity contribution is -0.121. The summed E-state index contributed by atoms with van der Waals surface area (Å²) in [5, 5.41) is 4.58. The largest absolute Gasteiger partial charge is 0.325 e. The van der Waals surface area contributed by atoms with Gasteiger partial charge < -0.3 is 5.32 Å². The number of thioether (sulfide) groups is 1. The quantitative estimate of drug-likeness (QED) is 0.612. The van der Waals surface area contributed by atoms with Crippen LogP contribution in [0.1, 0.15) is 6.42 Å². The third-order valence-electron chi connectivity index (χ3n) is 4.66. The zero-order valence-electron chi connectivity index (χ0n) is 15.3. The number of hydrogen-bond acceptors (Lipinski definition) is 4. The molecule has 1 atom stereocenters. The first kappa shape index (κ1) is 19.5. The van der Waals surface area contributed by atoms with E-state index in [1.54, 1.807) is 30.3 Å². The minimum absolute atomic E-state index is 0.0791. The van der Waals surface area contributed by atoms with Gasteiger partial charge in [-0.2, -0.15) is 0 Å². The molecule has 3 aromatic carbocycles. The van der Waals surface area contributed by atoms with Crippen molar-refractivity contribution in [3.05, 3.63) is 71.8 Å². The van der Waals surface area contributed by atoms with E-state index in [9.17, 15) is 14.4 Å². The number of carbonyl (C=O) groups is 3. The zero-order valence-corrected chi connectivity index (χ0v) is 16.9. The Kier molecular flexibility index (Phi) is 5.56. The van der Waals surface area contributed by atoms with Gasteiger partial charge in [0.25, 0.3) is 0 Å². The van der Waals surface area contributed by atoms with Crippen molar-refractivity contribution < 1.29 is 14.4 Å². The summed E-state index contributed by atoms with van der Waals surface area (Å²) in [4.78, 5) is 38.9. The first-order valence-corrected chi connectivity index (χ1v) is 10.5. The lowest BCUT2D eigenvalue weighted by atomic mass is 10.1. The van der Waals surface area contributed by atoms with Gasteiger partial charge in [-0.15, -0.1) is 11.8 Å². The van der Waals surface area contributed by atoms with Crippen LogP contribution >= 0.6 is 23.4 Å². The van der Waals surface area contributed by atoms with E-state index < -0.39 is 5.25 Å². The van der Waals surface area contributed by atoms with Crippen LogP contribution in [0.3, 0.4) is 0 Å². The molecule has 0 radical (unpaired) electrons. The lowest BCUT2D eigenvalue weighted by Crippen LogP contribution is -2.31. The van der Waals surface area contributed by atoms with Gasteiger partial charge in [-0.1, -0.05) is 48.0 Å². The molecule has 1 fully saturated rings. The predicted molar refractivity (Wildman–Crippen MR) is 117 cm³/mol. The fourth-order valence-electron chi connectivity index (χ4n) is 3.30. The second-order valence-electron chi connectivity index (χ2n) is 6.62. The fourth-order valence-corrected chi connectivity index (χ4v) is 4.36. The summed E-state index contributed by atoms with van der Waals surface area (Å²) in [6, 6.07) is 20.0. The van der Waals surface area contributed by atoms with Crippen LogP contribution in [0.2, 0.25) is 5.02 Å². The lowest BCUT2D eigenvalue weighted by Gasteiger charge is -2.17. The van der Waals surface area contributed by atoms with Crippen molar-refractivity contribution in [2.24, 2.45) is 0 Å². The molecule has 0 bridgehead atoms. The van der Waals surface area contributed by atoms with Gasteiger partial charge in [-0.3, -0.25) is 14.4 Å². The van der Waals surface area contributed by atoms with Crippen molar-refractivity contribution in [1.82, 2.24) is 0 Å². The number of benzene rings is 3. The van der Waals surface area contributed by atoms with E-state index in [1.807, 2.05) is 36.4 Å². The van der Waals surface area contributed by atoms with Crippen LogP contribution in [-0.4, -0.2) is 28.7 Å². The molecule has 1 saturated heterocycles. The maximum atomic E-state index is 12.9. The van der Waals surface area contributed by atoms with Gasteiger partial charge in [0.2, 0.25) is 17.7 Å². The second kappa shape index (κ2) is 8.27. The molecule has 0 aliphatic carbocycles. The molecule has 29 heavy (non-hydrogen) atoms. The molecule has 7 heteroatoms.